The molecule has 1 saturated carbocycles. The van der Waals surface area contributed by atoms with E-state index in [1.807, 2.05) is 18.2 Å². The molecule has 1 aliphatic rings. The Hall–Kier alpha value is 0.390. The van der Waals surface area contributed by atoms with Crippen LogP contribution in [0.25, 0.3) is 0 Å². The fourth-order valence-corrected chi connectivity index (χ4v) is 3.33. The van der Waals surface area contributed by atoms with Gasteiger partial charge < -0.3 is 10.8 Å². The summed E-state index contributed by atoms with van der Waals surface area (Å²) in [6, 6.07) is 5.64. The van der Waals surface area contributed by atoms with Crippen molar-refractivity contribution in [1.29, 1.82) is 0 Å². The zero-order valence-corrected chi connectivity index (χ0v) is 14.7. The second kappa shape index (κ2) is 7.99. The lowest BCUT2D eigenvalue weighted by atomic mass is 9.81. The molecule has 1 aliphatic carbocycles. The molecule has 1 aromatic rings. The summed E-state index contributed by atoms with van der Waals surface area (Å²) in [5.74, 6) is 0.358. The molecule has 1 aromatic carbocycles. The van der Waals surface area contributed by atoms with Crippen LogP contribution < -0.4 is 5.73 Å². The fourth-order valence-electron chi connectivity index (χ4n) is 2.69. The number of hydrogen-bond donors (Lipinski definition) is 2. The van der Waals surface area contributed by atoms with E-state index < -0.39 is 6.10 Å². The molecule has 0 amide bonds. The van der Waals surface area contributed by atoms with Gasteiger partial charge in [0.2, 0.25) is 0 Å². The summed E-state index contributed by atoms with van der Waals surface area (Å²) >= 11 is 6.92. The molecule has 0 radical (unpaired) electrons. The lowest BCUT2D eigenvalue weighted by Crippen LogP contribution is -2.34. The van der Waals surface area contributed by atoms with E-state index >= 15 is 0 Å². The Labute approximate surface area is 137 Å². The third kappa shape index (κ3) is 4.43. The molecule has 108 valence electrons. The number of hydrogen-bond acceptors (Lipinski definition) is 2. The Morgan fingerprint density at radius 1 is 1.11 bits per heavy atom. The lowest BCUT2D eigenvalue weighted by Gasteiger charge is -2.30. The van der Waals surface area contributed by atoms with Crippen LogP contribution in [-0.2, 0) is 0 Å². The molecule has 0 aliphatic heterocycles. The number of benzene rings is 1. The van der Waals surface area contributed by atoms with Crippen LogP contribution in [0, 0.1) is 5.92 Å². The summed E-state index contributed by atoms with van der Waals surface area (Å²) in [6.07, 6.45) is 5.51. The Kier molecular flexibility index (Phi) is 7.33. The van der Waals surface area contributed by atoms with Gasteiger partial charge in [-0.2, -0.15) is 0 Å². The van der Waals surface area contributed by atoms with Crippen LogP contribution in [0.3, 0.4) is 0 Å². The monoisotopic (exact) mass is 411 g/mol. The molecule has 0 heterocycles. The van der Waals surface area contributed by atoms with Gasteiger partial charge in [-0.3, -0.25) is 0 Å². The Bertz CT molecular complexity index is 410. The van der Waals surface area contributed by atoms with Gasteiger partial charge >= 0.3 is 0 Å². The van der Waals surface area contributed by atoms with E-state index in [0.717, 1.165) is 27.4 Å². The average Bonchev–Trinajstić information content (AvgIpc) is 2.41. The predicted octanol–water partition coefficient (Wildman–Crippen LogP) is 4.57. The molecule has 19 heavy (non-hydrogen) atoms. The van der Waals surface area contributed by atoms with Crippen molar-refractivity contribution in [2.45, 2.75) is 44.2 Å². The highest BCUT2D eigenvalue weighted by Crippen LogP contribution is 2.33. The van der Waals surface area contributed by atoms with Gasteiger partial charge in [0.15, 0.2) is 0 Å². The van der Waals surface area contributed by atoms with Gasteiger partial charge in [0, 0.05) is 8.95 Å². The van der Waals surface area contributed by atoms with Crippen LogP contribution in [0.5, 0.6) is 0 Å². The highest BCUT2D eigenvalue weighted by Gasteiger charge is 2.27. The first-order valence-corrected chi connectivity index (χ1v) is 8.07. The normalized spacial score (nSPS) is 19.6. The predicted molar refractivity (Wildman–Crippen MR) is 88.6 cm³/mol. The first kappa shape index (κ1) is 17.4. The van der Waals surface area contributed by atoms with Crippen molar-refractivity contribution in [3.05, 3.63) is 32.7 Å². The molecular formula is C14H20Br2ClNO. The average molecular weight is 414 g/mol. The van der Waals surface area contributed by atoms with Crippen molar-refractivity contribution in [1.82, 2.24) is 0 Å². The van der Waals surface area contributed by atoms with Crippen molar-refractivity contribution in [2.75, 3.05) is 0 Å². The van der Waals surface area contributed by atoms with Crippen molar-refractivity contribution >= 4 is 44.3 Å². The third-order valence-corrected chi connectivity index (χ3v) is 5.71. The van der Waals surface area contributed by atoms with Crippen LogP contribution in [-0.4, -0.2) is 11.2 Å². The molecule has 3 N–H and O–H groups in total. The summed E-state index contributed by atoms with van der Waals surface area (Å²) in [6.45, 7) is 0. The highest BCUT2D eigenvalue weighted by atomic mass is 79.9. The van der Waals surface area contributed by atoms with Gasteiger partial charge in [-0.05, 0) is 68.3 Å². The molecule has 0 bridgehead atoms. The molecule has 1 fully saturated rings. The van der Waals surface area contributed by atoms with E-state index in [4.69, 9.17) is 5.73 Å². The minimum Gasteiger partial charge on any atom is -0.391 e. The molecule has 2 atom stereocenters. The number of rotatable bonds is 3. The second-order valence-electron chi connectivity index (χ2n) is 5.09. The molecule has 0 saturated heterocycles. The van der Waals surface area contributed by atoms with Crippen LogP contribution in [0.1, 0.15) is 43.7 Å². The van der Waals surface area contributed by atoms with Crippen molar-refractivity contribution in [2.24, 2.45) is 11.7 Å². The molecule has 0 unspecified atom stereocenters. The molecule has 5 heteroatoms. The summed E-state index contributed by atoms with van der Waals surface area (Å²) in [5.41, 5.74) is 7.19. The van der Waals surface area contributed by atoms with Gasteiger partial charge in [-0.1, -0.05) is 25.3 Å². The molecule has 2 rings (SSSR count). The highest BCUT2D eigenvalue weighted by molar-refractivity contribution is 9.13. The van der Waals surface area contributed by atoms with Crippen molar-refractivity contribution < 1.29 is 5.11 Å². The maximum atomic E-state index is 10.4. The quantitative estimate of drug-likeness (QED) is 0.762. The Morgan fingerprint density at radius 3 is 2.32 bits per heavy atom. The topological polar surface area (TPSA) is 46.2 Å². The summed E-state index contributed by atoms with van der Waals surface area (Å²) < 4.78 is 1.98. The maximum Gasteiger partial charge on any atom is 0.0760 e. The molecule has 0 aromatic heterocycles. The van der Waals surface area contributed by atoms with Crippen molar-refractivity contribution in [3.8, 4) is 0 Å². The number of aliphatic hydroxyl groups excluding tert-OH is 1. The smallest absolute Gasteiger partial charge is 0.0760 e. The molecular weight excluding hydrogens is 393 g/mol. The van der Waals surface area contributed by atoms with E-state index in [1.54, 1.807) is 0 Å². The van der Waals surface area contributed by atoms with Gasteiger partial charge in [0.05, 0.1) is 12.1 Å². The number of aliphatic hydroxyl groups is 1. The third-order valence-electron chi connectivity index (χ3n) is 3.83. The fraction of sp³-hybridized carbons (Fsp3) is 0.571. The lowest BCUT2D eigenvalue weighted by molar-refractivity contribution is 0.0618. The minimum absolute atomic E-state index is 0. The summed E-state index contributed by atoms with van der Waals surface area (Å²) in [4.78, 5) is 0. The Morgan fingerprint density at radius 2 is 1.74 bits per heavy atom. The van der Waals surface area contributed by atoms with Crippen LogP contribution in [0.4, 0.5) is 0 Å². The minimum atomic E-state index is -0.432. The van der Waals surface area contributed by atoms with Crippen LogP contribution in [0.2, 0.25) is 0 Å². The molecule has 0 spiro atoms. The Balaban J connectivity index is 0.00000180. The summed E-state index contributed by atoms with van der Waals surface area (Å²) in [5, 5.41) is 10.4. The molecule has 2 nitrogen and oxygen atoms in total. The van der Waals surface area contributed by atoms with Gasteiger partial charge in [-0.25, -0.2) is 0 Å². The largest absolute Gasteiger partial charge is 0.391 e. The number of nitrogens with two attached hydrogens (primary N) is 1. The van der Waals surface area contributed by atoms with Crippen molar-refractivity contribution in [3.63, 3.8) is 0 Å². The zero-order chi connectivity index (χ0) is 13.1. The van der Waals surface area contributed by atoms with Crippen LogP contribution >= 0.6 is 44.3 Å². The van der Waals surface area contributed by atoms with Gasteiger partial charge in [0.1, 0.15) is 0 Å². The SMILES string of the molecule is Cl.N[C@H](c1ccc(Br)c(Br)c1)[C@@H](O)C1CCCCC1. The zero-order valence-electron chi connectivity index (χ0n) is 10.7. The first-order chi connectivity index (χ1) is 8.59. The van der Waals surface area contributed by atoms with E-state index in [-0.39, 0.29) is 18.4 Å². The standard InChI is InChI=1S/C14H19Br2NO.ClH/c15-11-7-6-10(8-12(11)16)13(17)14(18)9-4-2-1-3-5-9;/h6-9,13-14,18H,1-5,17H2;1H/t13-,14+;/m1./s1. The first-order valence-electron chi connectivity index (χ1n) is 6.48. The van der Waals surface area contributed by atoms with Crippen LogP contribution in [0.15, 0.2) is 27.1 Å². The van der Waals surface area contributed by atoms with Gasteiger partial charge in [0.25, 0.3) is 0 Å². The number of halogens is 3. The second-order valence-corrected chi connectivity index (χ2v) is 6.80. The summed E-state index contributed by atoms with van der Waals surface area (Å²) in [7, 11) is 0. The maximum absolute atomic E-state index is 10.4. The van der Waals surface area contributed by atoms with E-state index in [1.165, 1.54) is 19.3 Å². The van der Waals surface area contributed by atoms with E-state index in [9.17, 15) is 5.11 Å². The van der Waals surface area contributed by atoms with E-state index in [2.05, 4.69) is 31.9 Å². The van der Waals surface area contributed by atoms with E-state index in [0.29, 0.717) is 5.92 Å². The van der Waals surface area contributed by atoms with Gasteiger partial charge in [-0.15, -0.1) is 12.4 Å².